The van der Waals surface area contributed by atoms with E-state index in [-0.39, 0.29) is 6.29 Å². The van der Waals surface area contributed by atoms with Gasteiger partial charge in [-0.25, -0.2) is 0 Å². The van der Waals surface area contributed by atoms with Gasteiger partial charge >= 0.3 is 0 Å². The van der Waals surface area contributed by atoms with Gasteiger partial charge in [-0.2, -0.15) is 0 Å². The summed E-state index contributed by atoms with van der Waals surface area (Å²) in [6.45, 7) is 0. The number of anilines is 1. The van der Waals surface area contributed by atoms with E-state index in [0.29, 0.717) is 11.3 Å². The number of fused-ring (bicyclic) bond motifs is 1. The highest BCUT2D eigenvalue weighted by Crippen LogP contribution is 2.24. The van der Waals surface area contributed by atoms with E-state index in [9.17, 15) is 9.59 Å². The largest absolute Gasteiger partial charge is 0.462 e. The Hall–Kier alpha value is -2.10. The molecule has 1 amide bonds. The maximum absolute atomic E-state index is 10.8. The van der Waals surface area contributed by atoms with E-state index in [1.165, 1.54) is 6.26 Å². The number of aldehydes is 1. The third kappa shape index (κ3) is 1.37. The first-order valence-corrected chi connectivity index (χ1v) is 4.03. The fourth-order valence-corrected chi connectivity index (χ4v) is 1.24. The molecule has 0 radical (unpaired) electrons. The molecule has 2 rings (SSSR count). The summed E-state index contributed by atoms with van der Waals surface area (Å²) in [6, 6.07) is 7.25. The first-order chi connectivity index (χ1) is 6.81. The summed E-state index contributed by atoms with van der Waals surface area (Å²) in [5.74, 6) is -0.684. The zero-order valence-corrected chi connectivity index (χ0v) is 7.19. The predicted molar refractivity (Wildman–Crippen MR) is 50.9 cm³/mol. The molecule has 0 aliphatic carbocycles. The molecule has 0 fully saturated rings. The summed E-state index contributed by atoms with van der Waals surface area (Å²) in [6.07, 6.45) is 1.63. The van der Waals surface area contributed by atoms with E-state index in [2.05, 4.69) is 5.32 Å². The Morgan fingerprint density at radius 2 is 2.14 bits per heavy atom. The second-order valence-corrected chi connectivity index (χ2v) is 2.75. The second-order valence-electron chi connectivity index (χ2n) is 2.75. The molecule has 1 aromatic carbocycles. The van der Waals surface area contributed by atoms with Crippen LogP contribution in [0.1, 0.15) is 0 Å². The molecule has 70 valence electrons. The van der Waals surface area contributed by atoms with Gasteiger partial charge in [0.25, 0.3) is 5.91 Å². The Kier molecular flexibility index (Phi) is 2.02. The molecule has 2 aromatic rings. The van der Waals surface area contributed by atoms with E-state index in [1.54, 1.807) is 12.1 Å². The maximum Gasteiger partial charge on any atom is 0.288 e. The van der Waals surface area contributed by atoms with E-state index in [0.717, 1.165) is 5.39 Å². The molecule has 0 saturated carbocycles. The topological polar surface area (TPSA) is 59.3 Å². The Morgan fingerprint density at radius 1 is 1.36 bits per heavy atom. The van der Waals surface area contributed by atoms with Crippen LogP contribution in [-0.2, 0) is 9.59 Å². The van der Waals surface area contributed by atoms with Crippen LogP contribution in [0.25, 0.3) is 11.0 Å². The number of nitrogens with one attached hydrogen (secondary N) is 1. The van der Waals surface area contributed by atoms with Crippen molar-refractivity contribution >= 4 is 28.8 Å². The zero-order valence-electron chi connectivity index (χ0n) is 7.19. The quantitative estimate of drug-likeness (QED) is 0.576. The van der Waals surface area contributed by atoms with Crippen LogP contribution in [0.4, 0.5) is 5.69 Å². The number of carbonyl (C=O) groups is 2. The summed E-state index contributed by atoms with van der Waals surface area (Å²) in [4.78, 5) is 20.9. The molecule has 4 nitrogen and oxygen atoms in total. The molecule has 0 aliphatic rings. The first-order valence-electron chi connectivity index (χ1n) is 4.03. The van der Waals surface area contributed by atoms with Crippen molar-refractivity contribution in [2.24, 2.45) is 0 Å². The molecule has 0 saturated heterocycles. The van der Waals surface area contributed by atoms with Crippen LogP contribution in [0.15, 0.2) is 34.9 Å². The van der Waals surface area contributed by atoms with Gasteiger partial charge in [0, 0.05) is 5.39 Å². The van der Waals surface area contributed by atoms with Crippen LogP contribution in [-0.4, -0.2) is 12.2 Å². The third-order valence-corrected chi connectivity index (χ3v) is 1.85. The van der Waals surface area contributed by atoms with Crippen molar-refractivity contribution in [2.45, 2.75) is 0 Å². The van der Waals surface area contributed by atoms with E-state index in [4.69, 9.17) is 4.42 Å². The lowest BCUT2D eigenvalue weighted by molar-refractivity contribution is -0.127. The maximum atomic E-state index is 10.8. The van der Waals surface area contributed by atoms with Crippen molar-refractivity contribution in [3.63, 3.8) is 0 Å². The summed E-state index contributed by atoms with van der Waals surface area (Å²) in [5, 5.41) is 3.19. The fraction of sp³-hybridized carbons (Fsp3) is 0. The Bertz CT molecular complexity index is 487. The summed E-state index contributed by atoms with van der Waals surface area (Å²) < 4.78 is 5.16. The number of benzene rings is 1. The zero-order chi connectivity index (χ0) is 9.97. The standard InChI is InChI=1S/C10H7NO3/c12-5-10(13)11-8-6-14-9-4-2-1-3-7(8)9/h1-6H,(H,11,13). The van der Waals surface area contributed by atoms with Crippen molar-refractivity contribution in [1.82, 2.24) is 0 Å². The minimum Gasteiger partial charge on any atom is -0.462 e. The van der Waals surface area contributed by atoms with Gasteiger partial charge in [-0.1, -0.05) is 12.1 Å². The van der Waals surface area contributed by atoms with Gasteiger partial charge in [0.15, 0.2) is 0 Å². The van der Waals surface area contributed by atoms with E-state index in [1.807, 2.05) is 12.1 Å². The van der Waals surface area contributed by atoms with Crippen molar-refractivity contribution in [1.29, 1.82) is 0 Å². The molecule has 1 N–H and O–H groups in total. The number of hydrogen-bond acceptors (Lipinski definition) is 3. The minimum absolute atomic E-state index is 0.224. The summed E-state index contributed by atoms with van der Waals surface area (Å²) in [7, 11) is 0. The molecular weight excluding hydrogens is 182 g/mol. The average Bonchev–Trinajstić information content (AvgIpc) is 2.62. The molecule has 0 aliphatic heterocycles. The number of furan rings is 1. The van der Waals surface area contributed by atoms with Crippen molar-refractivity contribution < 1.29 is 14.0 Å². The number of hydrogen-bond donors (Lipinski definition) is 1. The van der Waals surface area contributed by atoms with Crippen molar-refractivity contribution in [2.75, 3.05) is 5.32 Å². The van der Waals surface area contributed by atoms with Gasteiger partial charge < -0.3 is 9.73 Å². The molecule has 0 spiro atoms. The number of carbonyl (C=O) groups excluding carboxylic acids is 2. The molecule has 14 heavy (non-hydrogen) atoms. The van der Waals surface area contributed by atoms with Crippen LogP contribution < -0.4 is 5.32 Å². The predicted octanol–water partition coefficient (Wildman–Crippen LogP) is 1.57. The highest BCUT2D eigenvalue weighted by atomic mass is 16.3. The van der Waals surface area contributed by atoms with Crippen molar-refractivity contribution in [3.8, 4) is 0 Å². The second kappa shape index (κ2) is 3.33. The van der Waals surface area contributed by atoms with Crippen molar-refractivity contribution in [3.05, 3.63) is 30.5 Å². The number of para-hydroxylation sites is 1. The molecule has 1 heterocycles. The van der Waals surface area contributed by atoms with E-state index < -0.39 is 5.91 Å². The van der Waals surface area contributed by atoms with Gasteiger partial charge in [-0.3, -0.25) is 9.59 Å². The van der Waals surface area contributed by atoms with Gasteiger partial charge in [0.05, 0.1) is 5.69 Å². The molecule has 0 bridgehead atoms. The van der Waals surface area contributed by atoms with Crippen LogP contribution in [0.5, 0.6) is 0 Å². The van der Waals surface area contributed by atoms with Gasteiger partial charge in [0.1, 0.15) is 11.8 Å². The molecular formula is C10H7NO3. The van der Waals surface area contributed by atoms with Gasteiger partial charge in [-0.05, 0) is 12.1 Å². The average molecular weight is 189 g/mol. The van der Waals surface area contributed by atoms with Crippen LogP contribution >= 0.6 is 0 Å². The lowest BCUT2D eigenvalue weighted by atomic mass is 10.2. The smallest absolute Gasteiger partial charge is 0.288 e. The van der Waals surface area contributed by atoms with Crippen LogP contribution in [0.3, 0.4) is 0 Å². The SMILES string of the molecule is O=CC(=O)Nc1coc2ccccc12. The summed E-state index contributed by atoms with van der Waals surface area (Å²) >= 11 is 0. The monoisotopic (exact) mass is 189 g/mol. The number of amides is 1. The Balaban J connectivity index is 2.43. The normalized spacial score (nSPS) is 10.0. The Morgan fingerprint density at radius 3 is 2.93 bits per heavy atom. The molecule has 4 heteroatoms. The third-order valence-electron chi connectivity index (χ3n) is 1.85. The Labute approximate surface area is 79.5 Å². The molecule has 1 aromatic heterocycles. The summed E-state index contributed by atoms with van der Waals surface area (Å²) in [5.41, 5.74) is 1.19. The lowest BCUT2D eigenvalue weighted by Crippen LogP contribution is -2.11. The number of rotatable bonds is 2. The van der Waals surface area contributed by atoms with Crippen LogP contribution in [0.2, 0.25) is 0 Å². The van der Waals surface area contributed by atoms with E-state index >= 15 is 0 Å². The molecule has 0 unspecified atom stereocenters. The minimum atomic E-state index is -0.684. The van der Waals surface area contributed by atoms with Gasteiger partial charge in [-0.15, -0.1) is 0 Å². The van der Waals surface area contributed by atoms with Crippen LogP contribution in [0, 0.1) is 0 Å². The lowest BCUT2D eigenvalue weighted by Gasteiger charge is -1.95. The first kappa shape index (κ1) is 8.50. The molecule has 0 atom stereocenters. The fourth-order valence-electron chi connectivity index (χ4n) is 1.24. The highest BCUT2D eigenvalue weighted by Gasteiger charge is 2.06. The van der Waals surface area contributed by atoms with Gasteiger partial charge in [0.2, 0.25) is 6.29 Å². The highest BCUT2D eigenvalue weighted by molar-refractivity contribution is 6.30.